The van der Waals surface area contributed by atoms with Gasteiger partial charge in [-0.25, -0.2) is 4.79 Å². The monoisotopic (exact) mass is 400 g/mol. The predicted molar refractivity (Wildman–Crippen MR) is 88.6 cm³/mol. The lowest BCUT2D eigenvalue weighted by Crippen LogP contribution is -2.62. The molecule has 5 unspecified atom stereocenters. The Morgan fingerprint density at radius 2 is 1.71 bits per heavy atom. The number of hydrogen-bond donors (Lipinski definition) is 4. The summed E-state index contributed by atoms with van der Waals surface area (Å²) < 4.78 is 20.9. The van der Waals surface area contributed by atoms with Gasteiger partial charge in [0.1, 0.15) is 29.3 Å². The Morgan fingerprint density at radius 3 is 2.25 bits per heavy atom. The minimum absolute atomic E-state index is 0.329. The number of carbonyl (C=O) groups excluding carboxylic acids is 2. The number of aromatic hydroxyl groups is 1. The van der Waals surface area contributed by atoms with Gasteiger partial charge in [0.05, 0.1) is 6.61 Å². The van der Waals surface area contributed by atoms with E-state index < -0.39 is 66.5 Å². The third-order valence-electron chi connectivity index (χ3n) is 3.86. The Labute approximate surface area is 159 Å². The molecule has 0 aliphatic carbocycles. The van der Waals surface area contributed by atoms with Gasteiger partial charge in [-0.3, -0.25) is 9.59 Å². The molecule has 154 valence electrons. The minimum Gasteiger partial charge on any atom is -0.507 e. The summed E-state index contributed by atoms with van der Waals surface area (Å²) in [6, 6.07) is 3.66. The molecule has 0 spiro atoms. The van der Waals surface area contributed by atoms with Crippen molar-refractivity contribution in [3.63, 3.8) is 0 Å². The lowest BCUT2D eigenvalue weighted by molar-refractivity contribution is -0.285. The van der Waals surface area contributed by atoms with Crippen LogP contribution in [0, 0.1) is 0 Å². The van der Waals surface area contributed by atoms with E-state index in [4.69, 9.17) is 18.9 Å². The zero-order chi connectivity index (χ0) is 21.0. The van der Waals surface area contributed by atoms with Gasteiger partial charge in [-0.05, 0) is 12.1 Å². The number of hydrogen-bond acceptors (Lipinski definition) is 10. The molecule has 1 heterocycles. The Morgan fingerprint density at radius 1 is 1.11 bits per heavy atom. The number of aliphatic hydroxyl groups excluding tert-OH is 2. The number of esters is 2. The number of rotatable bonds is 6. The summed E-state index contributed by atoms with van der Waals surface area (Å²) >= 11 is 0. The van der Waals surface area contributed by atoms with Crippen molar-refractivity contribution in [2.24, 2.45) is 0 Å². The van der Waals surface area contributed by atoms with E-state index in [0.29, 0.717) is 0 Å². The number of benzene rings is 1. The van der Waals surface area contributed by atoms with E-state index in [9.17, 15) is 34.8 Å². The molecule has 0 saturated carbocycles. The first kappa shape index (κ1) is 21.4. The van der Waals surface area contributed by atoms with Gasteiger partial charge in [0.15, 0.2) is 6.10 Å². The Balaban J connectivity index is 2.43. The SMILES string of the molecule is CC(=O)OC1C(Oc2cccc(O)c2C(=O)O)OC(CO)C(O)C1OC(C)=O. The van der Waals surface area contributed by atoms with Crippen LogP contribution in [0.2, 0.25) is 0 Å². The molecule has 1 aliphatic rings. The molecule has 0 aromatic heterocycles. The smallest absolute Gasteiger partial charge is 0.343 e. The first-order chi connectivity index (χ1) is 13.1. The molecule has 0 bridgehead atoms. The first-order valence-corrected chi connectivity index (χ1v) is 8.16. The van der Waals surface area contributed by atoms with Crippen LogP contribution in [0.25, 0.3) is 0 Å². The summed E-state index contributed by atoms with van der Waals surface area (Å²) in [4.78, 5) is 34.3. The van der Waals surface area contributed by atoms with Crippen LogP contribution in [0.15, 0.2) is 18.2 Å². The first-order valence-electron chi connectivity index (χ1n) is 8.16. The average Bonchev–Trinajstić information content (AvgIpc) is 2.59. The molecular formula is C17H20O11. The van der Waals surface area contributed by atoms with Crippen LogP contribution in [0.3, 0.4) is 0 Å². The molecule has 2 rings (SSSR count). The highest BCUT2D eigenvalue weighted by atomic mass is 16.7. The molecule has 28 heavy (non-hydrogen) atoms. The molecule has 1 aromatic rings. The lowest BCUT2D eigenvalue weighted by atomic mass is 9.98. The van der Waals surface area contributed by atoms with Crippen molar-refractivity contribution in [1.29, 1.82) is 0 Å². The van der Waals surface area contributed by atoms with E-state index >= 15 is 0 Å². The van der Waals surface area contributed by atoms with Crippen LogP contribution in [0.5, 0.6) is 11.5 Å². The molecule has 0 radical (unpaired) electrons. The summed E-state index contributed by atoms with van der Waals surface area (Å²) in [7, 11) is 0. The number of carbonyl (C=O) groups is 3. The van der Waals surface area contributed by atoms with Crippen LogP contribution in [-0.4, -0.2) is 75.6 Å². The minimum atomic E-state index is -1.56. The Bertz CT molecular complexity index is 747. The van der Waals surface area contributed by atoms with Crippen LogP contribution < -0.4 is 4.74 Å². The van der Waals surface area contributed by atoms with Crippen molar-refractivity contribution >= 4 is 17.9 Å². The van der Waals surface area contributed by atoms with Crippen molar-refractivity contribution in [3.05, 3.63) is 23.8 Å². The number of aliphatic hydroxyl groups is 2. The Kier molecular flexibility index (Phi) is 6.78. The number of phenols is 1. The van der Waals surface area contributed by atoms with E-state index in [1.165, 1.54) is 12.1 Å². The molecule has 1 saturated heterocycles. The maximum Gasteiger partial charge on any atom is 0.343 e. The molecule has 5 atom stereocenters. The molecule has 1 aliphatic heterocycles. The van der Waals surface area contributed by atoms with Crippen LogP contribution in [-0.2, 0) is 23.8 Å². The quantitative estimate of drug-likeness (QED) is 0.450. The summed E-state index contributed by atoms with van der Waals surface area (Å²) in [6.45, 7) is 1.43. The zero-order valence-corrected chi connectivity index (χ0v) is 15.0. The van der Waals surface area contributed by atoms with Gasteiger partial charge < -0.3 is 39.4 Å². The Hall–Kier alpha value is -2.89. The molecule has 11 heteroatoms. The van der Waals surface area contributed by atoms with Crippen molar-refractivity contribution in [3.8, 4) is 11.5 Å². The zero-order valence-electron chi connectivity index (χ0n) is 15.0. The maximum atomic E-state index is 11.5. The van der Waals surface area contributed by atoms with Gasteiger partial charge in [0.2, 0.25) is 12.4 Å². The molecule has 1 fully saturated rings. The van der Waals surface area contributed by atoms with E-state index in [0.717, 1.165) is 19.9 Å². The van der Waals surface area contributed by atoms with E-state index in [-0.39, 0.29) is 5.75 Å². The molecule has 11 nitrogen and oxygen atoms in total. The fraction of sp³-hybridized carbons (Fsp3) is 0.471. The highest BCUT2D eigenvalue weighted by molar-refractivity contribution is 5.94. The van der Waals surface area contributed by atoms with E-state index in [2.05, 4.69) is 0 Å². The molecule has 1 aromatic carbocycles. The van der Waals surface area contributed by atoms with Crippen molar-refractivity contribution in [2.75, 3.05) is 6.61 Å². The number of carboxylic acid groups (broad SMARTS) is 1. The summed E-state index contributed by atoms with van der Waals surface area (Å²) in [6.07, 6.45) is -7.34. The highest BCUT2D eigenvalue weighted by Crippen LogP contribution is 2.32. The number of ether oxygens (including phenoxy) is 4. The lowest BCUT2D eigenvalue weighted by Gasteiger charge is -2.42. The van der Waals surface area contributed by atoms with Crippen LogP contribution >= 0.6 is 0 Å². The number of carboxylic acids is 1. The summed E-state index contributed by atoms with van der Waals surface area (Å²) in [5.41, 5.74) is -0.580. The third-order valence-corrected chi connectivity index (χ3v) is 3.86. The molecule has 4 N–H and O–H groups in total. The van der Waals surface area contributed by atoms with Crippen molar-refractivity contribution in [2.45, 2.75) is 44.6 Å². The standard InChI is InChI=1S/C17H20O11/c1-7(19)25-14-13(22)11(6-18)28-17(15(14)26-8(2)20)27-10-5-3-4-9(21)12(10)16(23)24/h3-5,11,13-15,17-18,21-22H,6H2,1-2H3,(H,23,24). The molecular weight excluding hydrogens is 380 g/mol. The maximum absolute atomic E-state index is 11.5. The van der Waals surface area contributed by atoms with Crippen molar-refractivity contribution < 1.29 is 53.8 Å². The van der Waals surface area contributed by atoms with Crippen molar-refractivity contribution in [1.82, 2.24) is 0 Å². The van der Waals surface area contributed by atoms with E-state index in [1.54, 1.807) is 0 Å². The topological polar surface area (TPSA) is 169 Å². The second-order valence-corrected chi connectivity index (χ2v) is 5.94. The predicted octanol–water partition coefficient (Wildman–Crippen LogP) is -0.589. The molecule has 0 amide bonds. The summed E-state index contributed by atoms with van der Waals surface area (Å²) in [5.74, 6) is -4.03. The van der Waals surface area contributed by atoms with Crippen LogP contribution in [0.1, 0.15) is 24.2 Å². The van der Waals surface area contributed by atoms with Gasteiger partial charge >= 0.3 is 17.9 Å². The highest BCUT2D eigenvalue weighted by Gasteiger charge is 2.50. The second kappa shape index (κ2) is 8.87. The fourth-order valence-corrected chi connectivity index (χ4v) is 2.74. The van der Waals surface area contributed by atoms with Gasteiger partial charge in [-0.2, -0.15) is 0 Å². The van der Waals surface area contributed by atoms with Gasteiger partial charge in [0, 0.05) is 13.8 Å². The van der Waals surface area contributed by atoms with E-state index in [1.807, 2.05) is 0 Å². The van der Waals surface area contributed by atoms with Gasteiger partial charge in [-0.1, -0.05) is 6.07 Å². The van der Waals surface area contributed by atoms with Gasteiger partial charge in [0.25, 0.3) is 0 Å². The summed E-state index contributed by atoms with van der Waals surface area (Å²) in [5, 5.41) is 38.8. The normalized spacial score (nSPS) is 26.9. The largest absolute Gasteiger partial charge is 0.507 e. The third kappa shape index (κ3) is 4.68. The van der Waals surface area contributed by atoms with Crippen LogP contribution in [0.4, 0.5) is 0 Å². The average molecular weight is 400 g/mol. The number of aromatic carboxylic acids is 1. The van der Waals surface area contributed by atoms with Gasteiger partial charge in [-0.15, -0.1) is 0 Å². The fourth-order valence-electron chi connectivity index (χ4n) is 2.74. The second-order valence-electron chi connectivity index (χ2n) is 5.94.